The smallest absolute Gasteiger partial charge is 0.234 e. The highest BCUT2D eigenvalue weighted by Crippen LogP contribution is 2.18. The minimum atomic E-state index is -0.470. The Bertz CT molecular complexity index is 616. The summed E-state index contributed by atoms with van der Waals surface area (Å²) in [6.07, 6.45) is 1.62. The highest BCUT2D eigenvalue weighted by molar-refractivity contribution is 6.30. The number of amides is 1. The van der Waals surface area contributed by atoms with Gasteiger partial charge in [-0.2, -0.15) is 0 Å². The molecule has 1 heterocycles. The van der Waals surface area contributed by atoms with Crippen molar-refractivity contribution in [3.8, 4) is 0 Å². The third-order valence-electron chi connectivity index (χ3n) is 2.60. The monoisotopic (exact) mass is 297 g/mol. The molecule has 0 saturated carbocycles. The summed E-state index contributed by atoms with van der Waals surface area (Å²) in [6, 6.07) is 4.77. The number of hydrogen-bond acceptors (Lipinski definition) is 4. The molecule has 1 aromatic heterocycles. The molecule has 1 aromatic carbocycles. The van der Waals surface area contributed by atoms with Crippen molar-refractivity contribution in [2.45, 2.75) is 13.1 Å². The van der Waals surface area contributed by atoms with Gasteiger partial charge in [-0.3, -0.25) is 4.79 Å². The van der Waals surface area contributed by atoms with Gasteiger partial charge in [0.25, 0.3) is 0 Å². The van der Waals surface area contributed by atoms with Crippen LogP contribution in [0.5, 0.6) is 0 Å². The molecule has 3 N–H and O–H groups in total. The van der Waals surface area contributed by atoms with Gasteiger partial charge in [0.15, 0.2) is 0 Å². The molecule has 0 aliphatic carbocycles. The summed E-state index contributed by atoms with van der Waals surface area (Å²) in [6.45, 7) is 0.361. The SMILES string of the molecule is NCC(=O)NCc1cn(Cc2cccc(Cl)c2F)nn1. The van der Waals surface area contributed by atoms with Crippen molar-refractivity contribution in [1.82, 2.24) is 20.3 Å². The minimum Gasteiger partial charge on any atom is -0.349 e. The van der Waals surface area contributed by atoms with Crippen molar-refractivity contribution in [1.29, 1.82) is 0 Å². The first-order chi connectivity index (χ1) is 9.60. The molecule has 8 heteroatoms. The zero-order valence-electron chi connectivity index (χ0n) is 10.5. The Morgan fingerprint density at radius 3 is 3.05 bits per heavy atom. The van der Waals surface area contributed by atoms with Crippen LogP contribution in [0.3, 0.4) is 0 Å². The molecule has 0 radical (unpaired) electrons. The number of carbonyl (C=O) groups excluding carboxylic acids is 1. The summed E-state index contributed by atoms with van der Waals surface area (Å²) in [7, 11) is 0. The number of nitrogens with zero attached hydrogens (tertiary/aromatic N) is 3. The molecule has 2 aromatic rings. The van der Waals surface area contributed by atoms with E-state index in [1.54, 1.807) is 18.3 Å². The maximum Gasteiger partial charge on any atom is 0.234 e. The lowest BCUT2D eigenvalue weighted by molar-refractivity contribution is -0.119. The second-order valence-electron chi connectivity index (χ2n) is 4.10. The zero-order chi connectivity index (χ0) is 14.5. The second-order valence-corrected chi connectivity index (χ2v) is 4.51. The molecule has 0 unspecified atom stereocenters. The van der Waals surface area contributed by atoms with Crippen molar-refractivity contribution >= 4 is 17.5 Å². The van der Waals surface area contributed by atoms with E-state index in [-0.39, 0.29) is 30.6 Å². The predicted molar refractivity (Wildman–Crippen MR) is 71.4 cm³/mol. The van der Waals surface area contributed by atoms with E-state index in [1.165, 1.54) is 10.7 Å². The van der Waals surface area contributed by atoms with Crippen molar-refractivity contribution in [3.63, 3.8) is 0 Å². The molecule has 6 nitrogen and oxygen atoms in total. The van der Waals surface area contributed by atoms with Crippen LogP contribution < -0.4 is 11.1 Å². The molecule has 106 valence electrons. The third-order valence-corrected chi connectivity index (χ3v) is 2.89. The summed E-state index contributed by atoms with van der Waals surface area (Å²) < 4.78 is 15.2. The molecular weight excluding hydrogens is 285 g/mol. The molecule has 0 bridgehead atoms. The summed E-state index contributed by atoms with van der Waals surface area (Å²) in [5, 5.41) is 10.4. The second kappa shape index (κ2) is 6.44. The van der Waals surface area contributed by atoms with Crippen LogP contribution in [0.15, 0.2) is 24.4 Å². The standard InChI is InChI=1S/C12H13ClFN5O/c13-10-3-1-2-8(12(10)14)6-19-7-9(17-18-19)5-16-11(20)4-15/h1-3,7H,4-6,15H2,(H,16,20). The van der Waals surface area contributed by atoms with Crippen LogP contribution in [0.4, 0.5) is 4.39 Å². The number of carbonyl (C=O) groups is 1. The molecule has 0 fully saturated rings. The Balaban J connectivity index is 2.02. The van der Waals surface area contributed by atoms with Crippen molar-refractivity contribution in [2.24, 2.45) is 5.73 Å². The van der Waals surface area contributed by atoms with Crippen LogP contribution >= 0.6 is 11.6 Å². The van der Waals surface area contributed by atoms with Crippen LogP contribution in [-0.2, 0) is 17.9 Å². The van der Waals surface area contributed by atoms with Crippen LogP contribution in [-0.4, -0.2) is 27.4 Å². The highest BCUT2D eigenvalue weighted by Gasteiger charge is 2.08. The van der Waals surface area contributed by atoms with Crippen molar-refractivity contribution in [2.75, 3.05) is 6.54 Å². The van der Waals surface area contributed by atoms with E-state index in [0.29, 0.717) is 11.3 Å². The molecular formula is C12H13ClFN5O. The lowest BCUT2D eigenvalue weighted by atomic mass is 10.2. The number of rotatable bonds is 5. The largest absolute Gasteiger partial charge is 0.349 e. The van der Waals surface area contributed by atoms with Gasteiger partial charge in [-0.15, -0.1) is 5.10 Å². The first-order valence-electron chi connectivity index (χ1n) is 5.89. The zero-order valence-corrected chi connectivity index (χ0v) is 11.3. The Morgan fingerprint density at radius 1 is 1.50 bits per heavy atom. The predicted octanol–water partition coefficient (Wildman–Crippen LogP) is 0.694. The molecule has 1 amide bonds. The normalized spacial score (nSPS) is 10.6. The number of hydrogen-bond donors (Lipinski definition) is 2. The molecule has 20 heavy (non-hydrogen) atoms. The fourth-order valence-corrected chi connectivity index (χ4v) is 1.80. The van der Waals surface area contributed by atoms with Gasteiger partial charge in [0, 0.05) is 5.56 Å². The van der Waals surface area contributed by atoms with E-state index in [1.807, 2.05) is 0 Å². The molecule has 0 atom stereocenters. The van der Waals surface area contributed by atoms with Gasteiger partial charge in [-0.1, -0.05) is 28.9 Å². The van der Waals surface area contributed by atoms with Gasteiger partial charge in [0.1, 0.15) is 11.5 Å². The van der Waals surface area contributed by atoms with E-state index in [0.717, 1.165) is 0 Å². The van der Waals surface area contributed by atoms with Crippen LogP contribution in [0, 0.1) is 5.82 Å². The van der Waals surface area contributed by atoms with Crippen LogP contribution in [0.1, 0.15) is 11.3 Å². The molecule has 2 rings (SSSR count). The topological polar surface area (TPSA) is 85.8 Å². The number of nitrogens with one attached hydrogen (secondary N) is 1. The average molecular weight is 298 g/mol. The minimum absolute atomic E-state index is 0.0676. The molecule has 0 saturated heterocycles. The van der Waals surface area contributed by atoms with Gasteiger partial charge in [0.05, 0.1) is 30.9 Å². The van der Waals surface area contributed by atoms with E-state index in [4.69, 9.17) is 17.3 Å². The lowest BCUT2D eigenvalue weighted by Crippen LogP contribution is -2.29. The van der Waals surface area contributed by atoms with Crippen LogP contribution in [0.25, 0.3) is 0 Å². The summed E-state index contributed by atoms with van der Waals surface area (Å²) in [5.41, 5.74) is 6.15. The Labute approximate surface area is 119 Å². The number of nitrogens with two attached hydrogens (primary N) is 1. The Morgan fingerprint density at radius 2 is 2.30 bits per heavy atom. The fraction of sp³-hybridized carbons (Fsp3) is 0.250. The quantitative estimate of drug-likeness (QED) is 0.850. The van der Waals surface area contributed by atoms with Crippen LogP contribution in [0.2, 0.25) is 5.02 Å². The number of halogens is 2. The molecule has 0 aliphatic rings. The van der Waals surface area contributed by atoms with E-state index < -0.39 is 5.82 Å². The highest BCUT2D eigenvalue weighted by atomic mass is 35.5. The van der Waals surface area contributed by atoms with Crippen molar-refractivity contribution in [3.05, 3.63) is 46.5 Å². The van der Waals surface area contributed by atoms with Gasteiger partial charge >= 0.3 is 0 Å². The fourth-order valence-electron chi connectivity index (χ4n) is 1.60. The van der Waals surface area contributed by atoms with Gasteiger partial charge in [-0.25, -0.2) is 9.07 Å². The maximum atomic E-state index is 13.7. The molecule has 0 spiro atoms. The van der Waals surface area contributed by atoms with Crippen molar-refractivity contribution < 1.29 is 9.18 Å². The number of aromatic nitrogens is 3. The molecule has 0 aliphatic heterocycles. The number of benzene rings is 1. The first-order valence-corrected chi connectivity index (χ1v) is 6.26. The van der Waals surface area contributed by atoms with Gasteiger partial charge in [0.2, 0.25) is 5.91 Å². The van der Waals surface area contributed by atoms with E-state index in [2.05, 4.69) is 15.6 Å². The summed E-state index contributed by atoms with van der Waals surface area (Å²) >= 11 is 5.71. The third kappa shape index (κ3) is 3.52. The Hall–Kier alpha value is -1.99. The Kier molecular flexibility index (Phi) is 4.65. The van der Waals surface area contributed by atoms with E-state index >= 15 is 0 Å². The lowest BCUT2D eigenvalue weighted by Gasteiger charge is -2.03. The summed E-state index contributed by atoms with van der Waals surface area (Å²) in [5.74, 6) is -0.747. The van der Waals surface area contributed by atoms with E-state index in [9.17, 15) is 9.18 Å². The van der Waals surface area contributed by atoms with Gasteiger partial charge in [-0.05, 0) is 6.07 Å². The maximum absolute atomic E-state index is 13.7. The van der Waals surface area contributed by atoms with Gasteiger partial charge < -0.3 is 11.1 Å². The average Bonchev–Trinajstić information content (AvgIpc) is 2.89. The first kappa shape index (κ1) is 14.4. The summed E-state index contributed by atoms with van der Waals surface area (Å²) in [4.78, 5) is 11.0.